The summed E-state index contributed by atoms with van der Waals surface area (Å²) in [6.45, 7) is 5.40. The topological polar surface area (TPSA) is 128 Å². The molecule has 10 nitrogen and oxygen atoms in total. The number of carbonyl (C=O) groups is 1. The van der Waals surface area contributed by atoms with Crippen molar-refractivity contribution in [3.8, 4) is 5.88 Å². The van der Waals surface area contributed by atoms with Crippen molar-refractivity contribution in [3.63, 3.8) is 0 Å². The molecule has 3 atom stereocenters. The van der Waals surface area contributed by atoms with Gasteiger partial charge in [0.1, 0.15) is 11.5 Å². The van der Waals surface area contributed by atoms with Crippen LogP contribution in [-0.4, -0.2) is 55.6 Å². The number of pyridine rings is 1. The summed E-state index contributed by atoms with van der Waals surface area (Å²) in [5.74, 6) is 0.712. The molecule has 0 radical (unpaired) electrons. The Labute approximate surface area is 193 Å². The quantitative estimate of drug-likeness (QED) is 0.706. The van der Waals surface area contributed by atoms with Crippen LogP contribution in [0.5, 0.6) is 5.88 Å². The van der Waals surface area contributed by atoms with Gasteiger partial charge >= 0.3 is 6.03 Å². The molecule has 0 saturated carbocycles. The standard InChI is InChI=1S/C22H29N7O3S/c1-13-6-7-16-19(13)25-17-5-2-4-15(17)20(16)26-22(30)27-33(23,31)18-10-24-29-11-14(12-32-21(18)29)28-8-3-9-28/h10,13-14H,2-9,11-12H2,1H3,(H3,23,25,26,27,30,31). The zero-order chi connectivity index (χ0) is 22.7. The molecule has 1 fully saturated rings. The Balaban J connectivity index is 1.28. The summed E-state index contributed by atoms with van der Waals surface area (Å²) in [5, 5.41) is 13.3. The van der Waals surface area contributed by atoms with E-state index in [2.05, 4.69) is 26.6 Å². The fourth-order valence-electron chi connectivity index (χ4n) is 5.44. The van der Waals surface area contributed by atoms with Crippen molar-refractivity contribution in [1.82, 2.24) is 19.7 Å². The summed E-state index contributed by atoms with van der Waals surface area (Å²) in [5.41, 5.74) is 5.08. The Bertz CT molecular complexity index is 1260. The van der Waals surface area contributed by atoms with Gasteiger partial charge in [0.05, 0.1) is 24.5 Å². The number of anilines is 1. The van der Waals surface area contributed by atoms with Crippen LogP contribution in [0.3, 0.4) is 0 Å². The fraction of sp³-hybridized carbons (Fsp3) is 0.591. The number of nitrogens with one attached hydrogen (secondary N) is 1. The largest absolute Gasteiger partial charge is 0.475 e. The third kappa shape index (κ3) is 3.53. The highest BCUT2D eigenvalue weighted by Gasteiger charge is 2.33. The number of hydrogen-bond acceptors (Lipinski definition) is 6. The molecule has 0 bridgehead atoms. The van der Waals surface area contributed by atoms with Crippen molar-refractivity contribution in [2.45, 2.75) is 68.8 Å². The van der Waals surface area contributed by atoms with Crippen LogP contribution in [0, 0.1) is 0 Å². The summed E-state index contributed by atoms with van der Waals surface area (Å²) in [6.07, 6.45) is 7.30. The zero-order valence-corrected chi connectivity index (χ0v) is 19.6. The molecule has 176 valence electrons. The second-order valence-electron chi connectivity index (χ2n) is 9.51. The molecule has 2 aliphatic heterocycles. The number of carbonyl (C=O) groups excluding carboxylic acids is 1. The first-order valence-corrected chi connectivity index (χ1v) is 13.3. The molecule has 6 rings (SSSR count). The minimum absolute atomic E-state index is 0.165. The van der Waals surface area contributed by atoms with Gasteiger partial charge in [-0.05, 0) is 68.7 Å². The second kappa shape index (κ2) is 7.78. The van der Waals surface area contributed by atoms with Crippen LogP contribution in [0.1, 0.15) is 54.6 Å². The number of aryl methyl sites for hydroxylation is 1. The van der Waals surface area contributed by atoms with E-state index in [0.29, 0.717) is 24.9 Å². The molecule has 0 spiro atoms. The van der Waals surface area contributed by atoms with Crippen molar-refractivity contribution in [1.29, 1.82) is 0 Å². The predicted octanol–water partition coefficient (Wildman–Crippen LogP) is 2.22. The highest BCUT2D eigenvalue weighted by Crippen LogP contribution is 2.41. The molecule has 2 amide bonds. The van der Waals surface area contributed by atoms with Gasteiger partial charge < -0.3 is 10.1 Å². The Morgan fingerprint density at radius 1 is 1.27 bits per heavy atom. The summed E-state index contributed by atoms with van der Waals surface area (Å²) in [6, 6.07) is -0.467. The van der Waals surface area contributed by atoms with Crippen molar-refractivity contribution in [2.75, 3.05) is 25.0 Å². The summed E-state index contributed by atoms with van der Waals surface area (Å²) in [4.78, 5) is 20.3. The molecule has 2 aliphatic carbocycles. The van der Waals surface area contributed by atoms with Crippen LogP contribution >= 0.6 is 0 Å². The van der Waals surface area contributed by atoms with E-state index in [4.69, 9.17) is 14.9 Å². The lowest BCUT2D eigenvalue weighted by Gasteiger charge is -2.40. The number of hydrogen-bond donors (Lipinski definition) is 2. The molecule has 11 heteroatoms. The first kappa shape index (κ1) is 21.1. The van der Waals surface area contributed by atoms with Gasteiger partial charge in [0.25, 0.3) is 0 Å². The third-order valence-electron chi connectivity index (χ3n) is 7.38. The van der Waals surface area contributed by atoms with Gasteiger partial charge in [0.2, 0.25) is 5.88 Å². The van der Waals surface area contributed by atoms with E-state index >= 15 is 0 Å². The molecule has 4 aliphatic rings. The van der Waals surface area contributed by atoms with E-state index in [1.54, 1.807) is 4.68 Å². The van der Waals surface area contributed by atoms with E-state index in [1.807, 2.05) is 0 Å². The smallest absolute Gasteiger partial charge is 0.354 e. The number of rotatable bonds is 3. The van der Waals surface area contributed by atoms with Gasteiger partial charge in [-0.2, -0.15) is 5.10 Å². The molecule has 33 heavy (non-hydrogen) atoms. The van der Waals surface area contributed by atoms with Crippen molar-refractivity contribution >= 4 is 21.6 Å². The van der Waals surface area contributed by atoms with Gasteiger partial charge in [-0.25, -0.2) is 18.8 Å². The van der Waals surface area contributed by atoms with Crippen LogP contribution in [0.4, 0.5) is 10.5 Å². The Morgan fingerprint density at radius 3 is 2.91 bits per heavy atom. The van der Waals surface area contributed by atoms with E-state index in [-0.39, 0.29) is 10.9 Å². The lowest BCUT2D eigenvalue weighted by atomic mass is 10.0. The normalized spacial score (nSPS) is 25.3. The minimum Gasteiger partial charge on any atom is -0.475 e. The fourth-order valence-corrected chi connectivity index (χ4v) is 6.45. The number of nitrogens with zero attached hydrogens (tertiary/aromatic N) is 5. The number of amides is 2. The number of likely N-dealkylation sites (tertiary alicyclic amines) is 1. The van der Waals surface area contributed by atoms with Crippen LogP contribution in [0.25, 0.3) is 0 Å². The van der Waals surface area contributed by atoms with Crippen LogP contribution in [0.15, 0.2) is 15.5 Å². The average Bonchev–Trinajstić information content (AvgIpc) is 3.45. The van der Waals surface area contributed by atoms with E-state index in [1.165, 1.54) is 12.6 Å². The van der Waals surface area contributed by atoms with Gasteiger partial charge in [-0.1, -0.05) is 6.92 Å². The SMILES string of the molecule is CC1CCc2c1nc1c(c2NC(=O)N=S(N)(=O)c2cnn3c2OCC(N2CCC2)C3)CCC1. The maximum Gasteiger partial charge on any atom is 0.354 e. The first-order valence-electron chi connectivity index (χ1n) is 11.7. The van der Waals surface area contributed by atoms with Crippen molar-refractivity contribution < 1.29 is 13.7 Å². The summed E-state index contributed by atoms with van der Waals surface area (Å²) in [7, 11) is -3.52. The first-order chi connectivity index (χ1) is 15.9. The van der Waals surface area contributed by atoms with Gasteiger partial charge in [-0.3, -0.25) is 9.88 Å². The molecule has 1 saturated heterocycles. The predicted molar refractivity (Wildman–Crippen MR) is 123 cm³/mol. The summed E-state index contributed by atoms with van der Waals surface area (Å²) >= 11 is 0. The minimum atomic E-state index is -3.52. The Hall–Kier alpha value is -2.50. The second-order valence-corrected chi connectivity index (χ2v) is 11.3. The molecule has 4 heterocycles. The van der Waals surface area contributed by atoms with E-state index < -0.39 is 15.9 Å². The number of nitrogens with two attached hydrogens (primary N) is 1. The zero-order valence-electron chi connectivity index (χ0n) is 18.7. The lowest BCUT2D eigenvalue weighted by Crippen LogP contribution is -2.51. The Morgan fingerprint density at radius 2 is 2.12 bits per heavy atom. The number of ether oxygens (including phenoxy) is 1. The third-order valence-corrected chi connectivity index (χ3v) is 8.73. The van der Waals surface area contributed by atoms with E-state index in [0.717, 1.165) is 73.4 Å². The van der Waals surface area contributed by atoms with E-state index in [9.17, 15) is 9.00 Å². The number of fused-ring (bicyclic) bond motifs is 3. The van der Waals surface area contributed by atoms with Crippen LogP contribution in [0.2, 0.25) is 0 Å². The lowest BCUT2D eigenvalue weighted by molar-refractivity contribution is 0.0417. The monoisotopic (exact) mass is 471 g/mol. The molecule has 2 aromatic rings. The van der Waals surface area contributed by atoms with Gasteiger partial charge in [-0.15, -0.1) is 4.36 Å². The highest BCUT2D eigenvalue weighted by molar-refractivity contribution is 7.91. The maximum atomic E-state index is 13.3. The molecular weight excluding hydrogens is 442 g/mol. The molecule has 2 aromatic heterocycles. The average molecular weight is 472 g/mol. The molecular formula is C22H29N7O3S. The van der Waals surface area contributed by atoms with Gasteiger partial charge in [0.15, 0.2) is 9.92 Å². The summed E-state index contributed by atoms with van der Waals surface area (Å²) < 4.78 is 24.8. The molecule has 3 unspecified atom stereocenters. The van der Waals surface area contributed by atoms with Crippen molar-refractivity contribution in [2.24, 2.45) is 9.50 Å². The van der Waals surface area contributed by atoms with Crippen molar-refractivity contribution in [3.05, 3.63) is 28.7 Å². The van der Waals surface area contributed by atoms with Crippen LogP contribution < -0.4 is 15.2 Å². The molecule has 3 N–H and O–H groups in total. The Kier molecular flexibility index (Phi) is 4.96. The maximum absolute atomic E-state index is 13.3. The number of urea groups is 1. The molecule has 0 aromatic carbocycles. The van der Waals surface area contributed by atoms with Gasteiger partial charge in [0, 0.05) is 11.4 Å². The number of aromatic nitrogens is 3. The highest BCUT2D eigenvalue weighted by atomic mass is 32.2. The van der Waals surface area contributed by atoms with Crippen LogP contribution in [-0.2, 0) is 35.7 Å².